The molecule has 0 heterocycles. The second-order valence-corrected chi connectivity index (χ2v) is 6.43. The summed E-state index contributed by atoms with van der Waals surface area (Å²) in [5.74, 6) is 0. The second kappa shape index (κ2) is 10.5. The summed E-state index contributed by atoms with van der Waals surface area (Å²) in [6, 6.07) is 0. The molecule has 23 heavy (non-hydrogen) atoms. The highest BCUT2D eigenvalue weighted by Gasteiger charge is 2.45. The molecule has 140 valence electrons. The van der Waals surface area contributed by atoms with Crippen LogP contribution in [-0.4, -0.2) is 90.2 Å². The van der Waals surface area contributed by atoms with Gasteiger partial charge in [0.25, 0.3) is 0 Å². The zero-order chi connectivity index (χ0) is 18.1. The van der Waals surface area contributed by atoms with Gasteiger partial charge in [-0.2, -0.15) is 0 Å². The minimum absolute atomic E-state index is 0.00430. The zero-order valence-corrected chi connectivity index (χ0v) is 13.7. The van der Waals surface area contributed by atoms with Crippen LogP contribution in [0.3, 0.4) is 0 Å². The van der Waals surface area contributed by atoms with E-state index in [1.54, 1.807) is 0 Å². The quantitative estimate of drug-likeness (QED) is 0.188. The van der Waals surface area contributed by atoms with Crippen LogP contribution in [0.2, 0.25) is 0 Å². The summed E-state index contributed by atoms with van der Waals surface area (Å²) in [4.78, 5) is 0. The van der Waals surface area contributed by atoms with E-state index in [1.165, 1.54) is 6.92 Å². The van der Waals surface area contributed by atoms with Crippen molar-refractivity contribution >= 4 is 0 Å². The maximum atomic E-state index is 10.8. The molecule has 0 aliphatic rings. The van der Waals surface area contributed by atoms with Gasteiger partial charge in [-0.3, -0.25) is 0 Å². The van der Waals surface area contributed by atoms with Gasteiger partial charge >= 0.3 is 0 Å². The Morgan fingerprint density at radius 1 is 0.652 bits per heavy atom. The molecule has 8 heteroatoms. The minimum atomic E-state index is -1.69. The van der Waals surface area contributed by atoms with E-state index in [4.69, 9.17) is 15.3 Å². The molecule has 0 aromatic carbocycles. The van der Waals surface area contributed by atoms with Crippen LogP contribution in [-0.2, 0) is 0 Å². The second-order valence-electron chi connectivity index (χ2n) is 6.43. The standard InChI is InChI=1S/C15H32O8/c1-14(22,5-2-11(19)8-16)15(23,6-3-12(20)9-17)7-4-13(21)10-18/h11-13,16-23H,2-10H2,1H3. The molecule has 0 radical (unpaired) electrons. The molecule has 0 saturated carbocycles. The van der Waals surface area contributed by atoms with Crippen molar-refractivity contribution in [1.82, 2.24) is 0 Å². The van der Waals surface area contributed by atoms with E-state index in [2.05, 4.69) is 0 Å². The smallest absolute Gasteiger partial charge is 0.0932 e. The summed E-state index contributed by atoms with van der Waals surface area (Å²) < 4.78 is 0. The molecule has 0 aliphatic carbocycles. The fourth-order valence-electron chi connectivity index (χ4n) is 2.43. The first-order valence-electron chi connectivity index (χ1n) is 7.93. The molecule has 8 N–H and O–H groups in total. The van der Waals surface area contributed by atoms with Gasteiger partial charge in [-0.15, -0.1) is 0 Å². The average molecular weight is 340 g/mol. The molecule has 0 fully saturated rings. The Labute approximate surface area is 136 Å². The predicted molar refractivity (Wildman–Crippen MR) is 82.6 cm³/mol. The molecule has 8 nitrogen and oxygen atoms in total. The molecule has 0 bridgehead atoms. The van der Waals surface area contributed by atoms with E-state index >= 15 is 0 Å². The third kappa shape index (κ3) is 7.86. The lowest BCUT2D eigenvalue weighted by Crippen LogP contribution is -2.53. The van der Waals surface area contributed by atoms with Crippen LogP contribution in [0.4, 0.5) is 0 Å². The lowest BCUT2D eigenvalue weighted by atomic mass is 9.74. The Morgan fingerprint density at radius 2 is 0.957 bits per heavy atom. The first kappa shape index (κ1) is 22.7. The normalized spacial score (nSPS) is 21.3. The summed E-state index contributed by atoms with van der Waals surface area (Å²) in [5, 5.41) is 76.4. The third-order valence-corrected chi connectivity index (χ3v) is 4.38. The van der Waals surface area contributed by atoms with E-state index in [1.807, 2.05) is 0 Å². The van der Waals surface area contributed by atoms with Crippen LogP contribution in [0.15, 0.2) is 0 Å². The van der Waals surface area contributed by atoms with Crippen molar-refractivity contribution in [2.45, 2.75) is 75.0 Å². The van der Waals surface area contributed by atoms with Gasteiger partial charge in [0.1, 0.15) is 0 Å². The number of rotatable bonds is 13. The highest BCUT2D eigenvalue weighted by atomic mass is 16.4. The van der Waals surface area contributed by atoms with Crippen molar-refractivity contribution in [3.63, 3.8) is 0 Å². The van der Waals surface area contributed by atoms with E-state index in [0.717, 1.165) is 0 Å². The molecule has 0 aromatic rings. The van der Waals surface area contributed by atoms with E-state index in [0.29, 0.717) is 0 Å². The number of aliphatic hydroxyl groups is 8. The largest absolute Gasteiger partial charge is 0.394 e. The van der Waals surface area contributed by atoms with Crippen LogP contribution in [0, 0.1) is 0 Å². The van der Waals surface area contributed by atoms with Crippen molar-refractivity contribution < 1.29 is 40.9 Å². The monoisotopic (exact) mass is 340 g/mol. The van der Waals surface area contributed by atoms with Gasteiger partial charge in [0.2, 0.25) is 0 Å². The van der Waals surface area contributed by atoms with Crippen LogP contribution < -0.4 is 0 Å². The van der Waals surface area contributed by atoms with Crippen molar-refractivity contribution in [3.05, 3.63) is 0 Å². The van der Waals surface area contributed by atoms with Gasteiger partial charge in [-0.1, -0.05) is 0 Å². The molecular formula is C15H32O8. The molecule has 0 spiro atoms. The summed E-state index contributed by atoms with van der Waals surface area (Å²) >= 11 is 0. The lowest BCUT2D eigenvalue weighted by Gasteiger charge is -2.43. The average Bonchev–Trinajstić information content (AvgIpc) is 2.54. The molecular weight excluding hydrogens is 308 g/mol. The number of hydrogen-bond donors (Lipinski definition) is 8. The fourth-order valence-corrected chi connectivity index (χ4v) is 2.43. The highest BCUT2D eigenvalue weighted by molar-refractivity contribution is 4.97. The molecule has 4 atom stereocenters. The predicted octanol–water partition coefficient (Wildman–Crippen LogP) is -2.13. The lowest BCUT2D eigenvalue weighted by molar-refractivity contribution is -0.164. The van der Waals surface area contributed by atoms with Gasteiger partial charge in [0.05, 0.1) is 49.3 Å². The molecule has 0 amide bonds. The SMILES string of the molecule is CC(O)(CCC(O)CO)C(O)(CCC(O)CO)CCC(O)CO. The summed E-state index contributed by atoms with van der Waals surface area (Å²) in [6.45, 7) is -0.0177. The summed E-state index contributed by atoms with van der Waals surface area (Å²) in [7, 11) is 0. The van der Waals surface area contributed by atoms with Gasteiger partial charge < -0.3 is 40.9 Å². The summed E-state index contributed by atoms with van der Waals surface area (Å²) in [6.07, 6.45) is -3.01. The van der Waals surface area contributed by atoms with Gasteiger partial charge in [0.15, 0.2) is 0 Å². The maximum Gasteiger partial charge on any atom is 0.0932 e. The molecule has 0 aliphatic heterocycles. The Morgan fingerprint density at radius 3 is 1.26 bits per heavy atom. The highest BCUT2D eigenvalue weighted by Crippen LogP contribution is 2.36. The Hall–Kier alpha value is -0.320. The minimum Gasteiger partial charge on any atom is -0.394 e. The molecule has 0 saturated heterocycles. The molecule has 0 rings (SSSR count). The van der Waals surface area contributed by atoms with Gasteiger partial charge in [0, 0.05) is 0 Å². The zero-order valence-electron chi connectivity index (χ0n) is 13.7. The van der Waals surface area contributed by atoms with E-state index < -0.39 is 49.3 Å². The topological polar surface area (TPSA) is 162 Å². The van der Waals surface area contributed by atoms with Crippen molar-refractivity contribution in [2.75, 3.05) is 19.8 Å². The summed E-state index contributed by atoms with van der Waals surface area (Å²) in [5.41, 5.74) is -3.33. The van der Waals surface area contributed by atoms with Crippen molar-refractivity contribution in [2.24, 2.45) is 0 Å². The first-order chi connectivity index (χ1) is 10.6. The Kier molecular flexibility index (Phi) is 10.4. The number of hydrogen-bond acceptors (Lipinski definition) is 8. The van der Waals surface area contributed by atoms with E-state index in [-0.39, 0.29) is 38.5 Å². The third-order valence-electron chi connectivity index (χ3n) is 4.38. The molecule has 0 aromatic heterocycles. The molecule has 4 unspecified atom stereocenters. The first-order valence-corrected chi connectivity index (χ1v) is 7.93. The van der Waals surface area contributed by atoms with Crippen LogP contribution in [0.5, 0.6) is 0 Å². The maximum absolute atomic E-state index is 10.8. The van der Waals surface area contributed by atoms with Gasteiger partial charge in [-0.05, 0) is 45.4 Å². The van der Waals surface area contributed by atoms with Crippen molar-refractivity contribution in [1.29, 1.82) is 0 Å². The Bertz CT molecular complexity index is 296. The van der Waals surface area contributed by atoms with Gasteiger partial charge in [-0.25, -0.2) is 0 Å². The van der Waals surface area contributed by atoms with Crippen LogP contribution in [0.1, 0.15) is 45.4 Å². The van der Waals surface area contributed by atoms with Crippen LogP contribution in [0.25, 0.3) is 0 Å². The van der Waals surface area contributed by atoms with Crippen LogP contribution >= 0.6 is 0 Å². The van der Waals surface area contributed by atoms with Crippen molar-refractivity contribution in [3.8, 4) is 0 Å². The fraction of sp³-hybridized carbons (Fsp3) is 1.00. The van der Waals surface area contributed by atoms with E-state index in [9.17, 15) is 25.5 Å². The number of aliphatic hydroxyl groups excluding tert-OH is 6. The Balaban J connectivity index is 4.96.